The Morgan fingerprint density at radius 1 is 1.47 bits per heavy atom. The highest BCUT2D eigenvalue weighted by Gasteiger charge is 2.49. The number of aromatic amines is 1. The fourth-order valence-electron chi connectivity index (χ4n) is 2.01. The lowest BCUT2D eigenvalue weighted by atomic mass is 9.95. The number of ketones is 1. The molecule has 0 saturated heterocycles. The zero-order valence-corrected chi connectivity index (χ0v) is 9.03. The van der Waals surface area contributed by atoms with E-state index in [1.165, 1.54) is 0 Å². The van der Waals surface area contributed by atoms with Gasteiger partial charge in [0.25, 0.3) is 0 Å². The summed E-state index contributed by atoms with van der Waals surface area (Å²) in [5.74, 6) is -0.600. The van der Waals surface area contributed by atoms with Gasteiger partial charge in [-0.25, -0.2) is 4.79 Å². The smallest absolute Gasteiger partial charge is 0.408 e. The molecule has 1 saturated carbocycles. The van der Waals surface area contributed by atoms with Gasteiger partial charge in [-0.1, -0.05) is 0 Å². The predicted octanol–water partition coefficient (Wildman–Crippen LogP) is 1.08. The highest BCUT2D eigenvalue weighted by atomic mass is 16.4. The van der Waals surface area contributed by atoms with Crippen LogP contribution in [0.5, 0.6) is 0 Å². The number of carbonyl (C=O) groups is 1. The van der Waals surface area contributed by atoms with Crippen LogP contribution in [0.15, 0.2) is 27.4 Å². The summed E-state index contributed by atoms with van der Waals surface area (Å²) in [6.07, 6.45) is 1.45. The predicted molar refractivity (Wildman–Crippen MR) is 59.9 cm³/mol. The number of aromatic nitrogens is 1. The van der Waals surface area contributed by atoms with E-state index in [-0.39, 0.29) is 12.4 Å². The Balaban J connectivity index is 2.06. The van der Waals surface area contributed by atoms with Crippen molar-refractivity contribution in [1.29, 1.82) is 0 Å². The fourth-order valence-corrected chi connectivity index (χ4v) is 2.01. The molecule has 1 aliphatic rings. The molecule has 0 aliphatic heterocycles. The first-order chi connectivity index (χ1) is 8.14. The molecule has 5 nitrogen and oxygen atoms in total. The lowest BCUT2D eigenvalue weighted by Crippen LogP contribution is -2.19. The van der Waals surface area contributed by atoms with Gasteiger partial charge >= 0.3 is 5.76 Å². The summed E-state index contributed by atoms with van der Waals surface area (Å²) in [6, 6.07) is 4.81. The highest BCUT2D eigenvalue weighted by Crippen LogP contribution is 2.47. The molecule has 1 heterocycles. The largest absolute Gasteiger partial charge is 0.417 e. The molecule has 0 amide bonds. The first kappa shape index (κ1) is 10.3. The van der Waals surface area contributed by atoms with Crippen molar-refractivity contribution in [3.05, 3.63) is 34.3 Å². The standard InChI is InChI=1S/C12H11NO4/c14-6-12(3-4-12)10(15)7-1-2-9-8(5-7)13-11(16)17-9/h1-2,5,14H,3-4,6H2,(H,13,16). The van der Waals surface area contributed by atoms with Crippen LogP contribution >= 0.6 is 0 Å². The Bertz CT molecular complexity index is 648. The van der Waals surface area contributed by atoms with Gasteiger partial charge in [-0.15, -0.1) is 0 Å². The summed E-state index contributed by atoms with van der Waals surface area (Å²) < 4.78 is 4.86. The maximum atomic E-state index is 12.1. The number of Topliss-reactive ketones (excluding diaryl/α,β-unsaturated/α-hetero) is 1. The number of hydrogen-bond acceptors (Lipinski definition) is 4. The van der Waals surface area contributed by atoms with Crippen molar-refractivity contribution in [2.75, 3.05) is 6.61 Å². The van der Waals surface area contributed by atoms with Crippen LogP contribution in [-0.2, 0) is 0 Å². The molecule has 3 rings (SSSR count). The third-order valence-corrected chi connectivity index (χ3v) is 3.32. The Kier molecular flexibility index (Phi) is 2.00. The molecule has 1 aromatic heterocycles. The van der Waals surface area contributed by atoms with Crippen LogP contribution in [0.25, 0.3) is 11.1 Å². The van der Waals surface area contributed by atoms with E-state index < -0.39 is 11.2 Å². The average molecular weight is 233 g/mol. The minimum atomic E-state index is -0.586. The average Bonchev–Trinajstić information content (AvgIpc) is 3.03. The maximum Gasteiger partial charge on any atom is 0.417 e. The van der Waals surface area contributed by atoms with Crippen molar-refractivity contribution in [3.63, 3.8) is 0 Å². The molecule has 17 heavy (non-hydrogen) atoms. The first-order valence-corrected chi connectivity index (χ1v) is 5.43. The Morgan fingerprint density at radius 2 is 2.24 bits per heavy atom. The number of carbonyl (C=O) groups excluding carboxylic acids is 1. The van der Waals surface area contributed by atoms with E-state index in [4.69, 9.17) is 4.42 Å². The van der Waals surface area contributed by atoms with E-state index in [2.05, 4.69) is 4.98 Å². The molecule has 0 atom stereocenters. The van der Waals surface area contributed by atoms with Crippen molar-refractivity contribution in [2.24, 2.45) is 5.41 Å². The van der Waals surface area contributed by atoms with Gasteiger partial charge in [0, 0.05) is 5.56 Å². The van der Waals surface area contributed by atoms with E-state index in [1.807, 2.05) is 0 Å². The quantitative estimate of drug-likeness (QED) is 0.777. The Labute approximate surface area is 96.1 Å². The molecule has 88 valence electrons. The fraction of sp³-hybridized carbons (Fsp3) is 0.333. The van der Waals surface area contributed by atoms with Crippen LogP contribution in [0.3, 0.4) is 0 Å². The third kappa shape index (κ3) is 1.51. The minimum absolute atomic E-state index is 0.0658. The highest BCUT2D eigenvalue weighted by molar-refractivity contribution is 6.04. The molecular formula is C12H11NO4. The summed E-state index contributed by atoms with van der Waals surface area (Å²) >= 11 is 0. The summed E-state index contributed by atoms with van der Waals surface area (Å²) in [4.78, 5) is 25.6. The molecule has 0 bridgehead atoms. The first-order valence-electron chi connectivity index (χ1n) is 5.43. The monoisotopic (exact) mass is 233 g/mol. The summed E-state index contributed by atoms with van der Waals surface area (Å²) in [7, 11) is 0. The number of aliphatic hydroxyl groups is 1. The van der Waals surface area contributed by atoms with Crippen LogP contribution in [0.1, 0.15) is 23.2 Å². The number of aliphatic hydroxyl groups excluding tert-OH is 1. The van der Waals surface area contributed by atoms with Gasteiger partial charge < -0.3 is 9.52 Å². The van der Waals surface area contributed by atoms with Gasteiger partial charge in [-0.2, -0.15) is 0 Å². The topological polar surface area (TPSA) is 83.3 Å². The molecule has 1 aromatic carbocycles. The van der Waals surface area contributed by atoms with E-state index in [9.17, 15) is 14.7 Å². The molecular weight excluding hydrogens is 222 g/mol. The lowest BCUT2D eigenvalue weighted by Gasteiger charge is -2.09. The second kappa shape index (κ2) is 3.30. The number of H-pyrrole nitrogens is 1. The van der Waals surface area contributed by atoms with Crippen molar-refractivity contribution >= 4 is 16.9 Å². The zero-order valence-electron chi connectivity index (χ0n) is 9.03. The molecule has 2 N–H and O–H groups in total. The lowest BCUT2D eigenvalue weighted by molar-refractivity contribution is 0.0830. The molecule has 1 fully saturated rings. The second-order valence-corrected chi connectivity index (χ2v) is 4.49. The third-order valence-electron chi connectivity index (χ3n) is 3.32. The number of rotatable bonds is 3. The molecule has 0 unspecified atom stereocenters. The van der Waals surface area contributed by atoms with Crippen LogP contribution < -0.4 is 5.76 Å². The van der Waals surface area contributed by atoms with Gasteiger partial charge in [0.1, 0.15) is 0 Å². The van der Waals surface area contributed by atoms with E-state index in [0.717, 1.165) is 12.8 Å². The molecule has 0 spiro atoms. The normalized spacial score (nSPS) is 17.2. The summed E-state index contributed by atoms with van der Waals surface area (Å²) in [5, 5.41) is 9.21. The van der Waals surface area contributed by atoms with Crippen LogP contribution in [0, 0.1) is 5.41 Å². The van der Waals surface area contributed by atoms with E-state index in [1.54, 1.807) is 18.2 Å². The number of hydrogen-bond donors (Lipinski definition) is 2. The Morgan fingerprint density at radius 3 is 2.88 bits per heavy atom. The van der Waals surface area contributed by atoms with Crippen molar-refractivity contribution in [3.8, 4) is 0 Å². The second-order valence-electron chi connectivity index (χ2n) is 4.49. The van der Waals surface area contributed by atoms with Crippen molar-refractivity contribution in [1.82, 2.24) is 4.98 Å². The molecule has 5 heteroatoms. The number of benzene rings is 1. The Hall–Kier alpha value is -1.88. The van der Waals surface area contributed by atoms with Crippen LogP contribution in [0.2, 0.25) is 0 Å². The molecule has 1 aliphatic carbocycles. The molecule has 0 radical (unpaired) electrons. The SMILES string of the molecule is O=C(c1ccc2oc(=O)[nH]c2c1)C1(CO)CC1. The van der Waals surface area contributed by atoms with Crippen LogP contribution in [-0.4, -0.2) is 22.5 Å². The van der Waals surface area contributed by atoms with E-state index >= 15 is 0 Å². The zero-order chi connectivity index (χ0) is 12.0. The summed E-state index contributed by atoms with van der Waals surface area (Å²) in [6.45, 7) is -0.119. The van der Waals surface area contributed by atoms with Crippen molar-refractivity contribution in [2.45, 2.75) is 12.8 Å². The van der Waals surface area contributed by atoms with Gasteiger partial charge in [0.05, 0.1) is 17.5 Å². The molecule has 2 aromatic rings. The number of oxazole rings is 1. The van der Waals surface area contributed by atoms with Crippen LogP contribution in [0.4, 0.5) is 0 Å². The van der Waals surface area contributed by atoms with Gasteiger partial charge in [0.2, 0.25) is 0 Å². The minimum Gasteiger partial charge on any atom is -0.408 e. The van der Waals surface area contributed by atoms with E-state index in [0.29, 0.717) is 16.7 Å². The maximum absolute atomic E-state index is 12.1. The van der Waals surface area contributed by atoms with Gasteiger partial charge in [0.15, 0.2) is 11.4 Å². The summed E-state index contributed by atoms with van der Waals surface area (Å²) in [5.41, 5.74) is 0.855. The van der Waals surface area contributed by atoms with Crippen molar-refractivity contribution < 1.29 is 14.3 Å². The van der Waals surface area contributed by atoms with Gasteiger partial charge in [-0.05, 0) is 31.0 Å². The number of fused-ring (bicyclic) bond motifs is 1. The number of nitrogens with one attached hydrogen (secondary N) is 1. The van der Waals surface area contributed by atoms with Gasteiger partial charge in [-0.3, -0.25) is 9.78 Å².